The Balaban J connectivity index is 0.00000121. The van der Waals surface area contributed by atoms with Crippen molar-refractivity contribution < 1.29 is 0 Å². The third-order valence-electron chi connectivity index (χ3n) is 1.62. The average Bonchev–Trinajstić information content (AvgIpc) is 2.04. The number of hydrogen-bond acceptors (Lipinski definition) is 1. The van der Waals surface area contributed by atoms with E-state index in [0.29, 0.717) is 0 Å². The number of allylic oxidation sites excluding steroid dienone is 1. The van der Waals surface area contributed by atoms with E-state index < -0.39 is 0 Å². The Bertz CT molecular complexity index is 234. The minimum atomic E-state index is 0. The first-order chi connectivity index (χ1) is 5.33. The Kier molecular flexibility index (Phi) is 5.06. The normalized spacial score (nSPS) is 9.83. The van der Waals surface area contributed by atoms with Gasteiger partial charge in [0.25, 0.3) is 0 Å². The van der Waals surface area contributed by atoms with Crippen LogP contribution in [0, 0.1) is 6.92 Å². The predicted molar refractivity (Wildman–Crippen MR) is 55.5 cm³/mol. The molecular weight excluding hydrogens is 146 g/mol. The van der Waals surface area contributed by atoms with Crippen molar-refractivity contribution in [3.63, 3.8) is 0 Å². The molecule has 1 nitrogen and oxygen atoms in total. The van der Waals surface area contributed by atoms with Crippen LogP contribution >= 0.6 is 0 Å². The molecule has 0 fully saturated rings. The summed E-state index contributed by atoms with van der Waals surface area (Å²) in [5, 5.41) is 0. The lowest BCUT2D eigenvalue weighted by Gasteiger charge is -1.93. The van der Waals surface area contributed by atoms with Crippen molar-refractivity contribution in [3.05, 3.63) is 41.5 Å². The molecule has 3 N–H and O–H groups in total. The molecule has 0 aliphatic heterocycles. The highest BCUT2D eigenvalue weighted by molar-refractivity contribution is 5.49. The van der Waals surface area contributed by atoms with Gasteiger partial charge in [0.15, 0.2) is 0 Å². The summed E-state index contributed by atoms with van der Waals surface area (Å²) in [5.74, 6) is 0. The van der Waals surface area contributed by atoms with E-state index in [-0.39, 0.29) is 6.15 Å². The maximum absolute atomic E-state index is 2.17. The Morgan fingerprint density at radius 2 is 1.75 bits per heavy atom. The lowest BCUT2D eigenvalue weighted by Crippen LogP contribution is -1.72. The molecule has 0 heterocycles. The summed E-state index contributed by atoms with van der Waals surface area (Å²) in [6, 6.07) is 8.55. The molecule has 1 aromatic carbocycles. The second-order valence-electron chi connectivity index (χ2n) is 2.72. The molecule has 0 saturated carbocycles. The van der Waals surface area contributed by atoms with Gasteiger partial charge < -0.3 is 6.15 Å². The summed E-state index contributed by atoms with van der Waals surface area (Å²) >= 11 is 0. The SMILES string of the molecule is CC/C=C/c1ccc(C)cc1.N. The van der Waals surface area contributed by atoms with E-state index in [4.69, 9.17) is 0 Å². The van der Waals surface area contributed by atoms with Crippen LogP contribution in [0.15, 0.2) is 30.3 Å². The number of benzene rings is 1. The van der Waals surface area contributed by atoms with Crippen LogP contribution in [0.3, 0.4) is 0 Å². The van der Waals surface area contributed by atoms with E-state index in [0.717, 1.165) is 6.42 Å². The quantitative estimate of drug-likeness (QED) is 0.710. The van der Waals surface area contributed by atoms with Gasteiger partial charge in [0.1, 0.15) is 0 Å². The second kappa shape index (κ2) is 5.56. The molecule has 1 rings (SSSR count). The number of rotatable bonds is 2. The van der Waals surface area contributed by atoms with Gasteiger partial charge in [-0.3, -0.25) is 0 Å². The first kappa shape index (κ1) is 10.9. The Hall–Kier alpha value is -1.08. The number of aryl methyl sites for hydroxylation is 1. The highest BCUT2D eigenvalue weighted by Crippen LogP contribution is 2.04. The van der Waals surface area contributed by atoms with E-state index in [1.54, 1.807) is 0 Å². The third kappa shape index (κ3) is 3.35. The van der Waals surface area contributed by atoms with E-state index in [9.17, 15) is 0 Å². The van der Waals surface area contributed by atoms with Crippen LogP contribution in [0.1, 0.15) is 24.5 Å². The fourth-order valence-electron chi connectivity index (χ4n) is 0.931. The minimum absolute atomic E-state index is 0. The lowest BCUT2D eigenvalue weighted by molar-refractivity contribution is 1.23. The largest absolute Gasteiger partial charge is 0.344 e. The van der Waals surface area contributed by atoms with Crippen LogP contribution < -0.4 is 6.15 Å². The van der Waals surface area contributed by atoms with Crippen molar-refractivity contribution >= 4 is 6.08 Å². The van der Waals surface area contributed by atoms with E-state index >= 15 is 0 Å². The van der Waals surface area contributed by atoms with Gasteiger partial charge in [0.2, 0.25) is 0 Å². The molecule has 1 aromatic rings. The summed E-state index contributed by atoms with van der Waals surface area (Å²) in [6.45, 7) is 4.25. The van der Waals surface area contributed by atoms with Crippen LogP contribution in [0.5, 0.6) is 0 Å². The van der Waals surface area contributed by atoms with Gasteiger partial charge in [-0.05, 0) is 18.9 Å². The zero-order chi connectivity index (χ0) is 8.10. The topological polar surface area (TPSA) is 35.0 Å². The van der Waals surface area contributed by atoms with Gasteiger partial charge in [-0.15, -0.1) is 0 Å². The molecule has 0 atom stereocenters. The minimum Gasteiger partial charge on any atom is -0.344 e. The summed E-state index contributed by atoms with van der Waals surface area (Å²) < 4.78 is 0. The Morgan fingerprint density at radius 1 is 1.17 bits per heavy atom. The predicted octanol–water partition coefficient (Wildman–Crippen LogP) is 3.58. The van der Waals surface area contributed by atoms with Gasteiger partial charge in [-0.25, -0.2) is 0 Å². The summed E-state index contributed by atoms with van der Waals surface area (Å²) in [5.41, 5.74) is 2.61. The van der Waals surface area contributed by atoms with Crippen LogP contribution in [0.25, 0.3) is 6.08 Å². The smallest absolute Gasteiger partial charge is 0.0260 e. The maximum atomic E-state index is 2.17. The fourth-order valence-corrected chi connectivity index (χ4v) is 0.931. The van der Waals surface area contributed by atoms with Crippen LogP contribution in [-0.4, -0.2) is 0 Å². The van der Waals surface area contributed by atoms with E-state index in [1.807, 2.05) is 0 Å². The molecule has 0 spiro atoms. The molecule has 12 heavy (non-hydrogen) atoms. The highest BCUT2D eigenvalue weighted by atomic mass is 14.0. The van der Waals surface area contributed by atoms with Crippen molar-refractivity contribution in [2.75, 3.05) is 0 Å². The van der Waals surface area contributed by atoms with E-state index in [2.05, 4.69) is 50.3 Å². The van der Waals surface area contributed by atoms with Gasteiger partial charge in [0, 0.05) is 0 Å². The highest BCUT2D eigenvalue weighted by Gasteiger charge is 1.84. The fraction of sp³-hybridized carbons (Fsp3) is 0.273. The zero-order valence-corrected chi connectivity index (χ0v) is 7.88. The van der Waals surface area contributed by atoms with Crippen LogP contribution in [0.4, 0.5) is 0 Å². The molecular formula is C11H17N. The standard InChI is InChI=1S/C11H14.H3N/c1-3-4-5-11-8-6-10(2)7-9-11;/h4-9H,3H2,1-2H3;1H3/b5-4+;. The molecule has 0 aromatic heterocycles. The van der Waals surface area contributed by atoms with Gasteiger partial charge in [-0.1, -0.05) is 48.9 Å². The summed E-state index contributed by atoms with van der Waals surface area (Å²) in [4.78, 5) is 0. The number of hydrogen-bond donors (Lipinski definition) is 1. The van der Waals surface area contributed by atoms with Crippen LogP contribution in [0.2, 0.25) is 0 Å². The van der Waals surface area contributed by atoms with Crippen LogP contribution in [-0.2, 0) is 0 Å². The lowest BCUT2D eigenvalue weighted by atomic mass is 10.1. The average molecular weight is 163 g/mol. The van der Waals surface area contributed by atoms with E-state index in [1.165, 1.54) is 11.1 Å². The Labute approximate surface area is 74.7 Å². The summed E-state index contributed by atoms with van der Waals surface area (Å²) in [6.07, 6.45) is 5.43. The first-order valence-electron chi connectivity index (χ1n) is 4.06. The van der Waals surface area contributed by atoms with Crippen molar-refractivity contribution in [2.24, 2.45) is 0 Å². The van der Waals surface area contributed by atoms with Gasteiger partial charge >= 0.3 is 0 Å². The second-order valence-corrected chi connectivity index (χ2v) is 2.72. The van der Waals surface area contributed by atoms with Crippen molar-refractivity contribution in [1.29, 1.82) is 0 Å². The summed E-state index contributed by atoms with van der Waals surface area (Å²) in [7, 11) is 0. The molecule has 0 amide bonds. The molecule has 0 bridgehead atoms. The zero-order valence-electron chi connectivity index (χ0n) is 7.88. The molecule has 0 aliphatic carbocycles. The Morgan fingerprint density at radius 3 is 2.25 bits per heavy atom. The third-order valence-corrected chi connectivity index (χ3v) is 1.62. The van der Waals surface area contributed by atoms with Crippen molar-refractivity contribution in [3.8, 4) is 0 Å². The van der Waals surface area contributed by atoms with Crippen molar-refractivity contribution in [2.45, 2.75) is 20.3 Å². The monoisotopic (exact) mass is 163 g/mol. The molecule has 0 saturated heterocycles. The molecule has 1 heteroatoms. The molecule has 0 unspecified atom stereocenters. The van der Waals surface area contributed by atoms with Gasteiger partial charge in [-0.2, -0.15) is 0 Å². The molecule has 66 valence electrons. The molecule has 0 aliphatic rings. The first-order valence-corrected chi connectivity index (χ1v) is 4.06. The maximum Gasteiger partial charge on any atom is -0.0260 e. The van der Waals surface area contributed by atoms with Crippen molar-refractivity contribution in [1.82, 2.24) is 6.15 Å². The van der Waals surface area contributed by atoms with Gasteiger partial charge in [0.05, 0.1) is 0 Å². The molecule has 0 radical (unpaired) electrons.